The summed E-state index contributed by atoms with van der Waals surface area (Å²) < 4.78 is 4.73. The number of carbonyl (C=O) groups is 1. The summed E-state index contributed by atoms with van der Waals surface area (Å²) in [7, 11) is 1.34. The summed E-state index contributed by atoms with van der Waals surface area (Å²) in [4.78, 5) is 23.1. The van der Waals surface area contributed by atoms with Crippen LogP contribution in [0.4, 0.5) is 11.5 Å². The highest BCUT2D eigenvalue weighted by Gasteiger charge is 2.14. The molecular weight excluding hydrogens is 308 g/mol. The lowest BCUT2D eigenvalue weighted by atomic mass is 10.1. The van der Waals surface area contributed by atoms with E-state index in [0.29, 0.717) is 22.5 Å². The van der Waals surface area contributed by atoms with Crippen molar-refractivity contribution in [2.45, 2.75) is 6.92 Å². The van der Waals surface area contributed by atoms with E-state index in [2.05, 4.69) is 30.5 Å². The molecule has 3 N–H and O–H groups in total. The second-order valence-corrected chi connectivity index (χ2v) is 5.41. The number of nitrogens with one attached hydrogen (secondary N) is 3. The number of methoxy groups -OCH3 is 1. The maximum Gasteiger partial charge on any atom is 0.354 e. The quantitative estimate of drug-likeness (QED) is 0.500. The molecule has 1 aromatic carbocycles. The van der Waals surface area contributed by atoms with E-state index in [1.54, 1.807) is 12.3 Å². The van der Waals surface area contributed by atoms with Crippen LogP contribution in [0, 0.1) is 6.92 Å². The lowest BCUT2D eigenvalue weighted by molar-refractivity contribution is 0.0595. The maximum atomic E-state index is 11.7. The summed E-state index contributed by atoms with van der Waals surface area (Å²) in [6.07, 6.45) is 3.20. The second kappa shape index (κ2) is 5.34. The molecule has 0 saturated heterocycles. The van der Waals surface area contributed by atoms with Crippen molar-refractivity contribution in [2.75, 3.05) is 12.4 Å². The molecule has 0 fully saturated rings. The van der Waals surface area contributed by atoms with Crippen LogP contribution >= 0.6 is 0 Å². The van der Waals surface area contributed by atoms with Crippen LogP contribution in [0.3, 0.4) is 0 Å². The fourth-order valence-electron chi connectivity index (χ4n) is 2.62. The van der Waals surface area contributed by atoms with E-state index in [-0.39, 0.29) is 0 Å². The van der Waals surface area contributed by atoms with Crippen molar-refractivity contribution >= 4 is 39.4 Å². The third-order valence-electron chi connectivity index (χ3n) is 3.87. The first-order valence-corrected chi connectivity index (χ1v) is 7.28. The molecule has 0 aliphatic rings. The Bertz CT molecular complexity index is 1060. The molecule has 0 bridgehead atoms. The Balaban J connectivity index is 1.79. The number of H-pyrrole nitrogens is 2. The van der Waals surface area contributed by atoms with Crippen LogP contribution in [0.15, 0.2) is 30.7 Å². The summed E-state index contributed by atoms with van der Waals surface area (Å²) in [6.45, 7) is 2.00. The Kier molecular flexibility index (Phi) is 3.16. The van der Waals surface area contributed by atoms with Crippen molar-refractivity contribution in [2.24, 2.45) is 0 Å². The van der Waals surface area contributed by atoms with Gasteiger partial charge in [0.1, 0.15) is 23.5 Å². The van der Waals surface area contributed by atoms with Crippen molar-refractivity contribution in [1.29, 1.82) is 0 Å². The zero-order valence-electron chi connectivity index (χ0n) is 13.0. The largest absolute Gasteiger partial charge is 0.464 e. The van der Waals surface area contributed by atoms with E-state index in [1.165, 1.54) is 13.4 Å². The molecule has 0 spiro atoms. The number of hydrogen-bond donors (Lipinski definition) is 3. The lowest BCUT2D eigenvalue weighted by Gasteiger charge is -2.09. The topological polar surface area (TPSA) is 109 Å². The van der Waals surface area contributed by atoms with E-state index >= 15 is 0 Å². The van der Waals surface area contributed by atoms with Gasteiger partial charge in [-0.25, -0.2) is 14.8 Å². The van der Waals surface area contributed by atoms with Gasteiger partial charge in [-0.15, -0.1) is 0 Å². The van der Waals surface area contributed by atoms with Gasteiger partial charge in [0, 0.05) is 11.1 Å². The SMILES string of the molecule is COC(=O)c1cc2c(Nc3cc4cn[nH]c4cc3C)ncnc2[nH]1. The molecule has 4 rings (SSSR count). The van der Waals surface area contributed by atoms with Gasteiger partial charge in [0.25, 0.3) is 0 Å². The van der Waals surface area contributed by atoms with Gasteiger partial charge >= 0.3 is 5.97 Å². The first kappa shape index (κ1) is 14.2. The number of anilines is 2. The molecular formula is C16H14N6O2. The van der Waals surface area contributed by atoms with Crippen molar-refractivity contribution in [1.82, 2.24) is 25.1 Å². The number of aryl methyl sites for hydroxylation is 1. The number of rotatable bonds is 3. The van der Waals surface area contributed by atoms with Gasteiger partial charge in [-0.1, -0.05) is 0 Å². The summed E-state index contributed by atoms with van der Waals surface area (Å²) >= 11 is 0. The van der Waals surface area contributed by atoms with Gasteiger partial charge in [-0.3, -0.25) is 5.10 Å². The highest BCUT2D eigenvalue weighted by atomic mass is 16.5. The van der Waals surface area contributed by atoms with E-state index in [1.807, 2.05) is 19.1 Å². The fraction of sp³-hybridized carbons (Fsp3) is 0.125. The molecule has 0 aliphatic carbocycles. The molecule has 0 amide bonds. The Morgan fingerprint density at radius 2 is 2.12 bits per heavy atom. The zero-order valence-corrected chi connectivity index (χ0v) is 13.0. The average molecular weight is 322 g/mol. The Labute approximate surface area is 136 Å². The molecule has 0 atom stereocenters. The molecule has 0 unspecified atom stereocenters. The molecule has 0 aliphatic heterocycles. The number of benzene rings is 1. The average Bonchev–Trinajstić information content (AvgIpc) is 3.21. The van der Waals surface area contributed by atoms with Gasteiger partial charge in [0.2, 0.25) is 0 Å². The standard InChI is InChI=1S/C16H14N6O2/c1-8-3-12-9(6-19-22-12)4-11(8)20-14-10-5-13(16(23)24-2)21-15(10)18-7-17-14/h3-7H,1-2H3,(H,19,22)(H2,17,18,20,21). The maximum absolute atomic E-state index is 11.7. The lowest BCUT2D eigenvalue weighted by Crippen LogP contribution is -2.00. The molecule has 3 heterocycles. The van der Waals surface area contributed by atoms with Crippen LogP contribution in [-0.2, 0) is 4.74 Å². The van der Waals surface area contributed by atoms with Crippen molar-refractivity contribution in [3.05, 3.63) is 42.0 Å². The van der Waals surface area contributed by atoms with Crippen molar-refractivity contribution in [3.8, 4) is 0 Å². The summed E-state index contributed by atoms with van der Waals surface area (Å²) in [5.74, 6) is 0.160. The summed E-state index contributed by atoms with van der Waals surface area (Å²) in [6, 6.07) is 5.69. The minimum atomic E-state index is -0.449. The fourth-order valence-corrected chi connectivity index (χ4v) is 2.62. The van der Waals surface area contributed by atoms with Crippen LogP contribution in [-0.4, -0.2) is 38.2 Å². The van der Waals surface area contributed by atoms with E-state index in [9.17, 15) is 4.79 Å². The number of ether oxygens (including phenoxy) is 1. The summed E-state index contributed by atoms with van der Waals surface area (Å²) in [5.41, 5.74) is 3.82. The van der Waals surface area contributed by atoms with Crippen LogP contribution in [0.25, 0.3) is 21.9 Å². The number of hydrogen-bond acceptors (Lipinski definition) is 6. The van der Waals surface area contributed by atoms with E-state index in [4.69, 9.17) is 4.74 Å². The van der Waals surface area contributed by atoms with E-state index < -0.39 is 5.97 Å². The molecule has 4 aromatic rings. The van der Waals surface area contributed by atoms with Gasteiger partial charge in [-0.05, 0) is 30.7 Å². The van der Waals surface area contributed by atoms with Crippen LogP contribution in [0.2, 0.25) is 0 Å². The normalized spacial score (nSPS) is 11.1. The number of nitrogens with zero attached hydrogens (tertiary/aromatic N) is 3. The van der Waals surface area contributed by atoms with Crippen molar-refractivity contribution in [3.63, 3.8) is 0 Å². The van der Waals surface area contributed by atoms with Gasteiger partial charge < -0.3 is 15.0 Å². The third kappa shape index (κ3) is 2.24. The smallest absolute Gasteiger partial charge is 0.354 e. The third-order valence-corrected chi connectivity index (χ3v) is 3.87. The minimum absolute atomic E-state index is 0.332. The second-order valence-electron chi connectivity index (χ2n) is 5.41. The molecule has 8 nitrogen and oxygen atoms in total. The number of aromatic nitrogens is 5. The number of aromatic amines is 2. The molecule has 120 valence electrons. The van der Waals surface area contributed by atoms with Gasteiger partial charge in [0.05, 0.1) is 24.2 Å². The Morgan fingerprint density at radius 3 is 2.96 bits per heavy atom. The van der Waals surface area contributed by atoms with E-state index in [0.717, 1.165) is 22.2 Å². The molecule has 0 saturated carbocycles. The minimum Gasteiger partial charge on any atom is -0.464 e. The predicted molar refractivity (Wildman–Crippen MR) is 89.3 cm³/mol. The van der Waals surface area contributed by atoms with Gasteiger partial charge in [-0.2, -0.15) is 5.10 Å². The first-order valence-electron chi connectivity index (χ1n) is 7.28. The monoisotopic (exact) mass is 322 g/mol. The number of carbonyl (C=O) groups excluding carboxylic acids is 1. The van der Waals surface area contributed by atoms with Crippen LogP contribution in [0.1, 0.15) is 16.1 Å². The van der Waals surface area contributed by atoms with Crippen LogP contribution < -0.4 is 5.32 Å². The Morgan fingerprint density at radius 1 is 1.25 bits per heavy atom. The zero-order chi connectivity index (χ0) is 16.7. The van der Waals surface area contributed by atoms with Crippen LogP contribution in [0.5, 0.6) is 0 Å². The number of fused-ring (bicyclic) bond motifs is 2. The Hall–Kier alpha value is -3.42. The number of esters is 1. The first-order chi connectivity index (χ1) is 11.7. The van der Waals surface area contributed by atoms with Crippen molar-refractivity contribution < 1.29 is 9.53 Å². The highest BCUT2D eigenvalue weighted by molar-refractivity contribution is 5.98. The summed E-state index contributed by atoms with van der Waals surface area (Å²) in [5, 5.41) is 12.0. The molecule has 8 heteroatoms. The molecule has 24 heavy (non-hydrogen) atoms. The molecule has 3 aromatic heterocycles. The molecule has 0 radical (unpaired) electrons. The van der Waals surface area contributed by atoms with Gasteiger partial charge in [0.15, 0.2) is 0 Å². The predicted octanol–water partition coefficient (Wildman–Crippen LogP) is 2.67. The highest BCUT2D eigenvalue weighted by Crippen LogP contribution is 2.28.